The molecule has 2 nitrogen and oxygen atoms in total. The van der Waals surface area contributed by atoms with Crippen LogP contribution in [0.5, 0.6) is 0 Å². The van der Waals surface area contributed by atoms with Crippen molar-refractivity contribution in [2.24, 2.45) is 5.73 Å². The summed E-state index contributed by atoms with van der Waals surface area (Å²) in [7, 11) is -3.00. The summed E-state index contributed by atoms with van der Waals surface area (Å²) in [6, 6.07) is 6.03. The fourth-order valence-corrected chi connectivity index (χ4v) is 7.83. The molecule has 0 aromatic heterocycles. The van der Waals surface area contributed by atoms with Gasteiger partial charge in [0.1, 0.15) is 0 Å². The third kappa shape index (κ3) is 3.07. The van der Waals surface area contributed by atoms with E-state index in [0.29, 0.717) is 0 Å². The molecule has 2 N–H and O–H groups in total. The average Bonchev–Trinajstić information content (AvgIpc) is 2.13. The van der Waals surface area contributed by atoms with Crippen LogP contribution in [-0.4, -0.2) is 22.1 Å². The number of hydrogen-bond acceptors (Lipinski definition) is 1. The van der Waals surface area contributed by atoms with E-state index in [0.717, 1.165) is 5.56 Å². The van der Waals surface area contributed by atoms with Gasteiger partial charge < -0.3 is 5.73 Å². The summed E-state index contributed by atoms with van der Waals surface area (Å²) in [5.74, 6) is -0.289. The first kappa shape index (κ1) is 14.2. The van der Waals surface area contributed by atoms with Crippen LogP contribution in [0, 0.1) is 0 Å². The first-order valence-electron chi connectivity index (χ1n) is 5.99. The van der Waals surface area contributed by atoms with Crippen molar-refractivity contribution in [1.29, 1.82) is 0 Å². The number of carbonyl (C=O) groups excluding carboxylic acids is 1. The number of amides is 1. The minimum atomic E-state index is -1.56. The summed E-state index contributed by atoms with van der Waals surface area (Å²) in [4.78, 5) is 11.6. The smallest absolute Gasteiger partial charge is 0.248 e. The summed E-state index contributed by atoms with van der Waals surface area (Å²) < 4.78 is 0. The summed E-state index contributed by atoms with van der Waals surface area (Å²) in [6.45, 7) is 13.8. The highest BCUT2D eigenvalue weighted by Gasteiger charge is 2.30. The van der Waals surface area contributed by atoms with E-state index in [1.807, 2.05) is 12.1 Å². The van der Waals surface area contributed by atoms with E-state index in [4.69, 9.17) is 5.73 Å². The van der Waals surface area contributed by atoms with Gasteiger partial charge in [-0.3, -0.25) is 4.79 Å². The number of rotatable bonds is 3. The second-order valence-corrected chi connectivity index (χ2v) is 16.6. The minimum absolute atomic E-state index is 0.289. The molecule has 0 saturated heterocycles. The predicted molar refractivity (Wildman–Crippen MR) is 80.9 cm³/mol. The Morgan fingerprint density at radius 1 is 1.00 bits per heavy atom. The van der Waals surface area contributed by atoms with E-state index < -0.39 is 16.1 Å². The first-order chi connectivity index (χ1) is 7.55. The van der Waals surface area contributed by atoms with Crippen molar-refractivity contribution in [3.63, 3.8) is 0 Å². The lowest BCUT2D eigenvalue weighted by Gasteiger charge is -2.29. The maximum atomic E-state index is 11.6. The molecular weight excluding hydrogens is 242 g/mol. The number of primary amides is 1. The van der Waals surface area contributed by atoms with Crippen molar-refractivity contribution >= 4 is 32.4 Å². The van der Waals surface area contributed by atoms with Crippen molar-refractivity contribution in [2.45, 2.75) is 39.3 Å². The van der Waals surface area contributed by atoms with Crippen LogP contribution in [0.15, 0.2) is 18.2 Å². The highest BCUT2D eigenvalue weighted by atomic mass is 28.3. The molecule has 0 atom stereocenters. The first-order valence-corrected chi connectivity index (χ1v) is 13.0. The molecule has 1 aromatic carbocycles. The number of benzene rings is 1. The Morgan fingerprint density at radius 3 is 1.88 bits per heavy atom. The summed E-state index contributed by atoms with van der Waals surface area (Å²) in [5.41, 5.74) is 6.26. The zero-order valence-corrected chi connectivity index (χ0v) is 13.7. The van der Waals surface area contributed by atoms with E-state index in [1.165, 1.54) is 10.4 Å². The van der Waals surface area contributed by atoms with Crippen molar-refractivity contribution in [2.75, 3.05) is 0 Å². The second-order valence-electron chi connectivity index (χ2n) is 6.59. The zero-order valence-electron chi connectivity index (χ0n) is 11.7. The van der Waals surface area contributed by atoms with Crippen LogP contribution >= 0.6 is 0 Å². The van der Waals surface area contributed by atoms with Crippen LogP contribution in [0.3, 0.4) is 0 Å². The molecule has 0 radical (unpaired) electrons. The van der Waals surface area contributed by atoms with Crippen molar-refractivity contribution in [3.8, 4) is 0 Å². The number of hydrogen-bond donors (Lipinski definition) is 1. The molecule has 17 heavy (non-hydrogen) atoms. The van der Waals surface area contributed by atoms with Crippen molar-refractivity contribution in [1.82, 2.24) is 0 Å². The Bertz CT molecular complexity index is 442. The molecule has 0 spiro atoms. The Hall–Kier alpha value is -0.876. The third-order valence-electron chi connectivity index (χ3n) is 2.89. The molecule has 0 bridgehead atoms. The highest BCUT2D eigenvalue weighted by molar-refractivity contribution is 6.99. The van der Waals surface area contributed by atoms with E-state index in [-0.39, 0.29) is 5.91 Å². The topological polar surface area (TPSA) is 43.1 Å². The molecule has 4 heteroatoms. The monoisotopic (exact) mass is 265 g/mol. The van der Waals surface area contributed by atoms with Gasteiger partial charge >= 0.3 is 0 Å². The zero-order chi connectivity index (χ0) is 13.4. The van der Waals surface area contributed by atoms with Gasteiger partial charge in [0.05, 0.1) is 16.1 Å². The molecular formula is C13H23NOSi2. The maximum Gasteiger partial charge on any atom is 0.248 e. The van der Waals surface area contributed by atoms with E-state index in [1.54, 1.807) is 0 Å². The lowest BCUT2D eigenvalue weighted by atomic mass is 10.2. The molecule has 0 heterocycles. The second kappa shape index (κ2) is 4.42. The highest BCUT2D eigenvalue weighted by Crippen LogP contribution is 2.10. The van der Waals surface area contributed by atoms with Gasteiger partial charge in [-0.1, -0.05) is 56.6 Å². The molecule has 0 aliphatic heterocycles. The number of carbonyl (C=O) groups is 1. The van der Waals surface area contributed by atoms with Crippen LogP contribution in [-0.2, 0) is 0 Å². The van der Waals surface area contributed by atoms with Crippen molar-refractivity contribution < 1.29 is 4.79 Å². The quantitative estimate of drug-likeness (QED) is 0.833. The summed E-state index contributed by atoms with van der Waals surface area (Å²) in [5, 5.41) is 2.67. The van der Waals surface area contributed by atoms with Gasteiger partial charge in [0, 0.05) is 5.56 Å². The molecule has 1 amide bonds. The molecule has 0 saturated carbocycles. The largest absolute Gasteiger partial charge is 0.366 e. The fourth-order valence-electron chi connectivity index (χ4n) is 2.19. The Labute approximate surface area is 106 Å². The van der Waals surface area contributed by atoms with E-state index >= 15 is 0 Å². The summed E-state index contributed by atoms with van der Waals surface area (Å²) >= 11 is 0. The lowest BCUT2D eigenvalue weighted by Crippen LogP contribution is -2.58. The maximum absolute atomic E-state index is 11.6. The SMILES string of the molecule is C[Si](C)(C)c1cccc(C(N)=O)c1[Si](C)(C)C. The van der Waals surface area contributed by atoms with E-state index in [2.05, 4.69) is 45.3 Å². The van der Waals surface area contributed by atoms with E-state index in [9.17, 15) is 4.79 Å². The Morgan fingerprint density at radius 2 is 1.53 bits per heavy atom. The summed E-state index contributed by atoms with van der Waals surface area (Å²) in [6.07, 6.45) is 0. The normalized spacial score (nSPS) is 12.6. The minimum Gasteiger partial charge on any atom is -0.366 e. The van der Waals surface area contributed by atoms with Gasteiger partial charge in [-0.15, -0.1) is 0 Å². The average molecular weight is 266 g/mol. The third-order valence-corrected chi connectivity index (χ3v) is 7.21. The van der Waals surface area contributed by atoms with Crippen molar-refractivity contribution in [3.05, 3.63) is 23.8 Å². The predicted octanol–water partition coefficient (Wildman–Crippen LogP) is 1.88. The van der Waals surface area contributed by atoms with Gasteiger partial charge in [-0.05, 0) is 11.3 Å². The van der Waals surface area contributed by atoms with Gasteiger partial charge in [0.2, 0.25) is 5.91 Å². The Kier molecular flexibility index (Phi) is 3.69. The lowest BCUT2D eigenvalue weighted by molar-refractivity contribution is 0.100. The Balaban J connectivity index is 3.64. The molecule has 1 rings (SSSR count). The van der Waals surface area contributed by atoms with Crippen LogP contribution in [0.4, 0.5) is 0 Å². The standard InChI is InChI=1S/C13H23NOSi2/c1-16(2,3)11-9-7-8-10(13(14)15)12(11)17(4,5)6/h7-9H,1-6H3,(H2,14,15). The van der Waals surface area contributed by atoms with Crippen LogP contribution in [0.1, 0.15) is 10.4 Å². The molecule has 1 aromatic rings. The number of nitrogens with two attached hydrogens (primary N) is 1. The van der Waals surface area contributed by atoms with Crippen LogP contribution < -0.4 is 16.1 Å². The molecule has 94 valence electrons. The molecule has 0 aliphatic rings. The van der Waals surface area contributed by atoms with Gasteiger partial charge in [-0.2, -0.15) is 0 Å². The van der Waals surface area contributed by atoms with Crippen LogP contribution in [0.25, 0.3) is 0 Å². The molecule has 0 aliphatic carbocycles. The van der Waals surface area contributed by atoms with Gasteiger partial charge in [0.15, 0.2) is 0 Å². The molecule has 0 fully saturated rings. The van der Waals surface area contributed by atoms with Gasteiger partial charge in [-0.25, -0.2) is 0 Å². The fraction of sp³-hybridized carbons (Fsp3) is 0.462. The van der Waals surface area contributed by atoms with Crippen LogP contribution in [0.2, 0.25) is 39.3 Å². The molecule has 0 unspecified atom stereocenters. The van der Waals surface area contributed by atoms with Gasteiger partial charge in [0.25, 0.3) is 0 Å².